The molecule has 3 rings (SSSR count). The quantitative estimate of drug-likeness (QED) is 0.487. The first-order chi connectivity index (χ1) is 14.0. The number of carbonyl (C=O) groups excluding carboxylic acids is 1. The van der Waals surface area contributed by atoms with Crippen molar-refractivity contribution in [2.75, 3.05) is 22.5 Å². The van der Waals surface area contributed by atoms with Crippen LogP contribution in [0, 0.1) is 5.92 Å². The van der Waals surface area contributed by atoms with E-state index in [1.807, 2.05) is 60.7 Å². The molecule has 0 spiro atoms. The van der Waals surface area contributed by atoms with E-state index < -0.39 is 0 Å². The molecule has 0 aliphatic rings. The van der Waals surface area contributed by atoms with Crippen molar-refractivity contribution in [3.8, 4) is 11.3 Å². The van der Waals surface area contributed by atoms with Crippen LogP contribution in [0.25, 0.3) is 11.3 Å². The number of amides is 1. The number of rotatable bonds is 8. The second kappa shape index (κ2) is 9.68. The first kappa shape index (κ1) is 20.3. The minimum Gasteiger partial charge on any atom is -0.354 e. The van der Waals surface area contributed by atoms with Crippen molar-refractivity contribution in [2.24, 2.45) is 5.92 Å². The number of carbonyl (C=O) groups is 1. The van der Waals surface area contributed by atoms with E-state index in [1.54, 1.807) is 0 Å². The summed E-state index contributed by atoms with van der Waals surface area (Å²) in [6.07, 6.45) is 1.05. The molecule has 6 nitrogen and oxygen atoms in total. The van der Waals surface area contributed by atoms with Gasteiger partial charge in [0.05, 0.1) is 5.69 Å². The molecular formula is C23H27N5O. The number of aromatic nitrogens is 2. The lowest BCUT2D eigenvalue weighted by Gasteiger charge is -2.12. The zero-order valence-corrected chi connectivity index (χ0v) is 17.1. The van der Waals surface area contributed by atoms with Gasteiger partial charge in [-0.2, -0.15) is 4.98 Å². The maximum absolute atomic E-state index is 11.2. The first-order valence-electron chi connectivity index (χ1n) is 9.82. The molecule has 1 aromatic heterocycles. The number of hydrogen-bond donors (Lipinski definition) is 3. The molecule has 0 bridgehead atoms. The maximum atomic E-state index is 11.2. The highest BCUT2D eigenvalue weighted by molar-refractivity contribution is 5.88. The summed E-state index contributed by atoms with van der Waals surface area (Å²) in [6, 6.07) is 19.5. The molecular weight excluding hydrogens is 362 g/mol. The van der Waals surface area contributed by atoms with E-state index in [4.69, 9.17) is 0 Å². The Bertz CT molecular complexity index is 939. The number of nitrogens with zero attached hydrogens (tertiary/aromatic N) is 2. The highest BCUT2D eigenvalue weighted by Gasteiger charge is 2.08. The van der Waals surface area contributed by atoms with Gasteiger partial charge in [0.25, 0.3) is 0 Å². The van der Waals surface area contributed by atoms with Crippen LogP contribution < -0.4 is 16.0 Å². The number of benzene rings is 2. The van der Waals surface area contributed by atoms with Crippen molar-refractivity contribution in [3.05, 3.63) is 60.7 Å². The van der Waals surface area contributed by atoms with Crippen molar-refractivity contribution >= 4 is 29.0 Å². The van der Waals surface area contributed by atoms with Gasteiger partial charge >= 0.3 is 0 Å². The number of hydrogen-bond acceptors (Lipinski definition) is 5. The predicted octanol–water partition coefficient (Wildman–Crippen LogP) is 5.30. The molecule has 0 saturated carbocycles. The molecule has 29 heavy (non-hydrogen) atoms. The highest BCUT2D eigenvalue weighted by atomic mass is 16.1. The van der Waals surface area contributed by atoms with Gasteiger partial charge in [0.15, 0.2) is 0 Å². The van der Waals surface area contributed by atoms with Crippen LogP contribution in [0.5, 0.6) is 0 Å². The van der Waals surface area contributed by atoms with E-state index in [2.05, 4.69) is 39.8 Å². The third-order valence-corrected chi connectivity index (χ3v) is 4.28. The van der Waals surface area contributed by atoms with Gasteiger partial charge in [0.1, 0.15) is 5.82 Å². The lowest BCUT2D eigenvalue weighted by atomic mass is 10.1. The minimum absolute atomic E-state index is 0.0915. The van der Waals surface area contributed by atoms with E-state index in [-0.39, 0.29) is 5.91 Å². The topological polar surface area (TPSA) is 78.9 Å². The molecule has 0 fully saturated rings. The third-order valence-electron chi connectivity index (χ3n) is 4.28. The number of nitrogens with one attached hydrogen (secondary N) is 3. The Kier molecular flexibility index (Phi) is 6.79. The highest BCUT2D eigenvalue weighted by Crippen LogP contribution is 2.24. The SMILES string of the molecule is CC(=O)Nc1ccc(Nc2cc(-c3ccccc3)nc(NCCC(C)C)n2)cc1. The minimum atomic E-state index is -0.0915. The summed E-state index contributed by atoms with van der Waals surface area (Å²) in [4.78, 5) is 20.5. The zero-order valence-electron chi connectivity index (χ0n) is 17.1. The Morgan fingerprint density at radius 1 is 0.966 bits per heavy atom. The molecule has 0 aliphatic carbocycles. The second-order valence-corrected chi connectivity index (χ2v) is 7.32. The van der Waals surface area contributed by atoms with Crippen molar-refractivity contribution < 1.29 is 4.79 Å². The largest absolute Gasteiger partial charge is 0.354 e. The third kappa shape index (κ3) is 6.31. The standard InChI is InChI=1S/C23H27N5O/c1-16(2)13-14-24-23-27-21(18-7-5-4-6-8-18)15-22(28-23)26-20-11-9-19(10-12-20)25-17(3)29/h4-12,15-16H,13-14H2,1-3H3,(H,25,29)(H2,24,26,27,28). The lowest BCUT2D eigenvalue weighted by Crippen LogP contribution is -2.09. The lowest BCUT2D eigenvalue weighted by molar-refractivity contribution is -0.114. The summed E-state index contributed by atoms with van der Waals surface area (Å²) in [5.41, 5.74) is 3.52. The van der Waals surface area contributed by atoms with Gasteiger partial charge < -0.3 is 16.0 Å². The summed E-state index contributed by atoms with van der Waals surface area (Å²) in [5.74, 6) is 1.83. The van der Waals surface area contributed by atoms with Crippen molar-refractivity contribution in [3.63, 3.8) is 0 Å². The fourth-order valence-corrected chi connectivity index (χ4v) is 2.81. The Morgan fingerprint density at radius 3 is 2.31 bits per heavy atom. The van der Waals surface area contributed by atoms with Crippen LogP contribution in [0.4, 0.5) is 23.1 Å². The van der Waals surface area contributed by atoms with Crippen LogP contribution in [0.15, 0.2) is 60.7 Å². The van der Waals surface area contributed by atoms with Crippen molar-refractivity contribution in [1.82, 2.24) is 9.97 Å². The normalized spacial score (nSPS) is 10.6. The molecule has 6 heteroatoms. The fraction of sp³-hybridized carbons (Fsp3) is 0.261. The molecule has 0 radical (unpaired) electrons. The summed E-state index contributed by atoms with van der Waals surface area (Å²) in [7, 11) is 0. The predicted molar refractivity (Wildman–Crippen MR) is 119 cm³/mol. The average molecular weight is 390 g/mol. The summed E-state index contributed by atoms with van der Waals surface area (Å²) in [6.45, 7) is 6.70. The maximum Gasteiger partial charge on any atom is 0.225 e. The summed E-state index contributed by atoms with van der Waals surface area (Å²) < 4.78 is 0. The van der Waals surface area contributed by atoms with Gasteiger partial charge in [-0.3, -0.25) is 4.79 Å². The molecule has 1 amide bonds. The molecule has 0 saturated heterocycles. The van der Waals surface area contributed by atoms with E-state index in [0.29, 0.717) is 17.7 Å². The Morgan fingerprint density at radius 2 is 1.66 bits per heavy atom. The fourth-order valence-electron chi connectivity index (χ4n) is 2.81. The van der Waals surface area contributed by atoms with E-state index in [1.165, 1.54) is 6.92 Å². The van der Waals surface area contributed by atoms with E-state index >= 15 is 0 Å². The van der Waals surface area contributed by atoms with Gasteiger partial charge in [-0.05, 0) is 36.6 Å². The second-order valence-electron chi connectivity index (χ2n) is 7.32. The van der Waals surface area contributed by atoms with Gasteiger partial charge in [-0.15, -0.1) is 0 Å². The first-order valence-corrected chi connectivity index (χ1v) is 9.82. The Balaban J connectivity index is 1.83. The van der Waals surface area contributed by atoms with Crippen molar-refractivity contribution in [1.29, 1.82) is 0 Å². The van der Waals surface area contributed by atoms with Crippen molar-refractivity contribution in [2.45, 2.75) is 27.2 Å². The zero-order chi connectivity index (χ0) is 20.6. The Labute approximate surface area is 171 Å². The molecule has 0 unspecified atom stereocenters. The molecule has 3 N–H and O–H groups in total. The molecule has 2 aromatic carbocycles. The van der Waals surface area contributed by atoms with E-state index in [9.17, 15) is 4.79 Å². The van der Waals surface area contributed by atoms with Crippen LogP contribution in [0.1, 0.15) is 27.2 Å². The van der Waals surface area contributed by atoms with Crippen LogP contribution in [0.2, 0.25) is 0 Å². The van der Waals surface area contributed by atoms with Gasteiger partial charge in [-0.25, -0.2) is 4.98 Å². The molecule has 3 aromatic rings. The van der Waals surface area contributed by atoms with Crippen LogP contribution >= 0.6 is 0 Å². The van der Waals surface area contributed by atoms with E-state index in [0.717, 1.165) is 35.6 Å². The monoisotopic (exact) mass is 389 g/mol. The van der Waals surface area contributed by atoms with Gasteiger partial charge in [0.2, 0.25) is 11.9 Å². The molecule has 0 atom stereocenters. The molecule has 1 heterocycles. The number of anilines is 4. The molecule has 0 aliphatic heterocycles. The summed E-state index contributed by atoms with van der Waals surface area (Å²) >= 11 is 0. The van der Waals surface area contributed by atoms with Crippen LogP contribution in [-0.4, -0.2) is 22.4 Å². The van der Waals surface area contributed by atoms with Gasteiger partial charge in [0, 0.05) is 36.5 Å². The summed E-state index contributed by atoms with van der Waals surface area (Å²) in [5, 5.41) is 9.43. The van der Waals surface area contributed by atoms with Crippen LogP contribution in [-0.2, 0) is 4.79 Å². The van der Waals surface area contributed by atoms with Gasteiger partial charge in [-0.1, -0.05) is 44.2 Å². The average Bonchev–Trinajstić information content (AvgIpc) is 2.69. The Hall–Kier alpha value is -3.41. The smallest absolute Gasteiger partial charge is 0.225 e. The van der Waals surface area contributed by atoms with Crippen LogP contribution in [0.3, 0.4) is 0 Å². The molecule has 150 valence electrons.